The molecule has 1 heterocycles. The van der Waals surface area contributed by atoms with Gasteiger partial charge in [-0.3, -0.25) is 9.59 Å². The number of hydrogen-bond acceptors (Lipinski definition) is 4. The number of amides is 2. The van der Waals surface area contributed by atoms with E-state index in [9.17, 15) is 22.8 Å². The molecule has 0 aliphatic carbocycles. The zero-order valence-corrected chi connectivity index (χ0v) is 16.2. The van der Waals surface area contributed by atoms with Gasteiger partial charge in [-0.1, -0.05) is 12.1 Å². The van der Waals surface area contributed by atoms with Gasteiger partial charge in [-0.2, -0.15) is 13.2 Å². The van der Waals surface area contributed by atoms with Gasteiger partial charge >= 0.3 is 6.18 Å². The number of thioether (sulfide) groups is 2. The lowest BCUT2D eigenvalue weighted by Crippen LogP contribution is -2.44. The van der Waals surface area contributed by atoms with Crippen LogP contribution in [0.2, 0.25) is 0 Å². The summed E-state index contributed by atoms with van der Waals surface area (Å²) in [5.74, 6) is 0.789. The second kappa shape index (κ2) is 9.03. The number of carbonyl (C=O) groups excluding carboxylic acids is 2. The van der Waals surface area contributed by atoms with Crippen molar-refractivity contribution in [2.45, 2.75) is 17.2 Å². The van der Waals surface area contributed by atoms with Crippen molar-refractivity contribution in [1.29, 1.82) is 0 Å². The molecule has 2 rings (SSSR count). The Morgan fingerprint density at radius 1 is 1.12 bits per heavy atom. The van der Waals surface area contributed by atoms with Crippen LogP contribution >= 0.6 is 23.5 Å². The van der Waals surface area contributed by atoms with Gasteiger partial charge in [-0.15, -0.1) is 23.5 Å². The smallest absolute Gasteiger partial charge is 0.347 e. The SMILES string of the molecule is CN(C)C(=O)CN(CC(F)(F)F)C(=O)c1ccc(C2SCCCS2)cc1. The van der Waals surface area contributed by atoms with Crippen molar-refractivity contribution in [2.24, 2.45) is 0 Å². The summed E-state index contributed by atoms with van der Waals surface area (Å²) in [6, 6.07) is 6.64. The number of hydrogen-bond donors (Lipinski definition) is 0. The van der Waals surface area contributed by atoms with E-state index in [4.69, 9.17) is 0 Å². The van der Waals surface area contributed by atoms with Gasteiger partial charge in [-0.25, -0.2) is 0 Å². The highest BCUT2D eigenvalue weighted by Gasteiger charge is 2.34. The summed E-state index contributed by atoms with van der Waals surface area (Å²) in [4.78, 5) is 26.0. The van der Waals surface area contributed by atoms with E-state index in [0.717, 1.165) is 28.4 Å². The number of halogens is 3. The molecule has 0 saturated carbocycles. The molecule has 1 aliphatic rings. The van der Waals surface area contributed by atoms with Gasteiger partial charge in [0.1, 0.15) is 13.1 Å². The molecule has 1 fully saturated rings. The Morgan fingerprint density at radius 3 is 2.19 bits per heavy atom. The predicted molar refractivity (Wildman–Crippen MR) is 99.4 cm³/mol. The highest BCUT2D eigenvalue weighted by atomic mass is 32.2. The normalized spacial score (nSPS) is 15.6. The molecule has 1 saturated heterocycles. The molecule has 0 radical (unpaired) electrons. The summed E-state index contributed by atoms with van der Waals surface area (Å²) in [6.45, 7) is -2.07. The van der Waals surface area contributed by atoms with Crippen LogP contribution in [0.3, 0.4) is 0 Å². The minimum Gasteiger partial charge on any atom is -0.347 e. The Labute approximate surface area is 159 Å². The van der Waals surface area contributed by atoms with Crippen LogP contribution in [0, 0.1) is 0 Å². The summed E-state index contributed by atoms with van der Waals surface area (Å²) < 4.78 is 38.7. The molecule has 0 spiro atoms. The van der Waals surface area contributed by atoms with Crippen molar-refractivity contribution in [3.63, 3.8) is 0 Å². The first-order chi connectivity index (χ1) is 12.2. The van der Waals surface area contributed by atoms with Crippen LogP contribution in [0.15, 0.2) is 24.3 Å². The molecule has 26 heavy (non-hydrogen) atoms. The Hall–Kier alpha value is -1.35. The molecule has 0 aromatic heterocycles. The average molecular weight is 406 g/mol. The second-order valence-corrected chi connectivity index (χ2v) is 8.84. The highest BCUT2D eigenvalue weighted by molar-refractivity contribution is 8.16. The van der Waals surface area contributed by atoms with Crippen LogP contribution in [0.1, 0.15) is 26.9 Å². The van der Waals surface area contributed by atoms with Gasteiger partial charge in [0.2, 0.25) is 5.91 Å². The van der Waals surface area contributed by atoms with Crippen LogP contribution < -0.4 is 0 Å². The zero-order chi connectivity index (χ0) is 19.3. The lowest BCUT2D eigenvalue weighted by molar-refractivity contribution is -0.146. The molecule has 144 valence electrons. The van der Waals surface area contributed by atoms with E-state index >= 15 is 0 Å². The quantitative estimate of drug-likeness (QED) is 0.749. The van der Waals surface area contributed by atoms with Gasteiger partial charge in [-0.05, 0) is 35.6 Å². The average Bonchev–Trinajstić information content (AvgIpc) is 2.60. The monoisotopic (exact) mass is 406 g/mol. The van der Waals surface area contributed by atoms with E-state index in [-0.39, 0.29) is 10.1 Å². The van der Waals surface area contributed by atoms with Crippen LogP contribution in [0.5, 0.6) is 0 Å². The Balaban J connectivity index is 2.14. The third-order valence-corrected chi connectivity index (χ3v) is 6.75. The van der Waals surface area contributed by atoms with Crippen LogP contribution in [0.25, 0.3) is 0 Å². The molecule has 2 amide bonds. The van der Waals surface area contributed by atoms with Gasteiger partial charge in [0.15, 0.2) is 0 Å². The number of rotatable bonds is 5. The van der Waals surface area contributed by atoms with Crippen molar-refractivity contribution in [3.8, 4) is 0 Å². The number of benzene rings is 1. The number of nitrogens with zero attached hydrogens (tertiary/aromatic N) is 2. The van der Waals surface area contributed by atoms with Gasteiger partial charge in [0, 0.05) is 19.7 Å². The molecular weight excluding hydrogens is 385 g/mol. The maximum atomic E-state index is 12.8. The fourth-order valence-electron chi connectivity index (χ4n) is 2.37. The molecule has 0 unspecified atom stereocenters. The van der Waals surface area contributed by atoms with E-state index < -0.39 is 31.1 Å². The molecule has 1 aromatic rings. The molecule has 1 aliphatic heterocycles. The zero-order valence-electron chi connectivity index (χ0n) is 14.6. The molecule has 4 nitrogen and oxygen atoms in total. The Bertz CT molecular complexity index is 630. The van der Waals surface area contributed by atoms with Crippen LogP contribution in [0.4, 0.5) is 13.2 Å². The molecule has 1 aromatic carbocycles. The summed E-state index contributed by atoms with van der Waals surface area (Å²) >= 11 is 3.65. The van der Waals surface area contributed by atoms with Crippen molar-refractivity contribution < 1.29 is 22.8 Å². The number of carbonyl (C=O) groups is 2. The molecule has 9 heteroatoms. The maximum absolute atomic E-state index is 12.8. The van der Waals surface area contributed by atoms with Crippen molar-refractivity contribution in [2.75, 3.05) is 38.7 Å². The van der Waals surface area contributed by atoms with Gasteiger partial charge in [0.05, 0.1) is 4.58 Å². The van der Waals surface area contributed by atoms with Crippen LogP contribution in [-0.4, -0.2) is 66.5 Å². The van der Waals surface area contributed by atoms with Crippen molar-refractivity contribution in [1.82, 2.24) is 9.80 Å². The summed E-state index contributed by atoms with van der Waals surface area (Å²) in [5.41, 5.74) is 1.19. The lowest BCUT2D eigenvalue weighted by atomic mass is 10.1. The lowest BCUT2D eigenvalue weighted by Gasteiger charge is -2.25. The van der Waals surface area contributed by atoms with Crippen molar-refractivity contribution in [3.05, 3.63) is 35.4 Å². The molecule has 0 N–H and O–H groups in total. The standard InChI is InChI=1S/C17H21F3N2O2S2/c1-21(2)14(23)10-22(11-17(18,19)20)15(24)12-4-6-13(7-5-12)16-25-8-3-9-26-16/h4-7,16H,3,8-11H2,1-2H3. The summed E-state index contributed by atoms with van der Waals surface area (Å²) in [6.07, 6.45) is -3.41. The third-order valence-electron chi connectivity index (χ3n) is 3.74. The Kier molecular flexibility index (Phi) is 7.28. The summed E-state index contributed by atoms with van der Waals surface area (Å²) in [5, 5.41) is 0. The predicted octanol–water partition coefficient (Wildman–Crippen LogP) is 3.65. The summed E-state index contributed by atoms with van der Waals surface area (Å²) in [7, 11) is 2.87. The first-order valence-corrected chi connectivity index (χ1v) is 10.2. The van der Waals surface area contributed by atoms with E-state index in [2.05, 4.69) is 0 Å². The van der Waals surface area contributed by atoms with E-state index in [0.29, 0.717) is 4.90 Å². The first-order valence-electron chi connectivity index (χ1n) is 8.07. The minimum absolute atomic E-state index is 0.148. The molecule has 0 atom stereocenters. The van der Waals surface area contributed by atoms with Crippen LogP contribution in [-0.2, 0) is 4.79 Å². The fraction of sp³-hybridized carbons (Fsp3) is 0.529. The second-order valence-electron chi connectivity index (χ2n) is 6.11. The van der Waals surface area contributed by atoms with Gasteiger partial charge in [0.25, 0.3) is 5.91 Å². The van der Waals surface area contributed by atoms with E-state index in [1.165, 1.54) is 26.2 Å². The maximum Gasteiger partial charge on any atom is 0.406 e. The van der Waals surface area contributed by atoms with E-state index in [1.807, 2.05) is 23.5 Å². The topological polar surface area (TPSA) is 40.6 Å². The minimum atomic E-state index is -4.57. The van der Waals surface area contributed by atoms with Gasteiger partial charge < -0.3 is 9.80 Å². The fourth-order valence-corrected chi connectivity index (χ4v) is 5.26. The highest BCUT2D eigenvalue weighted by Crippen LogP contribution is 2.43. The van der Waals surface area contributed by atoms with Crippen molar-refractivity contribution >= 4 is 35.3 Å². The molecular formula is C17H21F3N2O2S2. The Morgan fingerprint density at radius 2 is 1.69 bits per heavy atom. The largest absolute Gasteiger partial charge is 0.406 e. The third kappa shape index (κ3) is 6.12. The first kappa shape index (κ1) is 21.0. The molecule has 0 bridgehead atoms. The van der Waals surface area contributed by atoms with E-state index in [1.54, 1.807) is 12.1 Å². The number of likely N-dealkylation sites (N-methyl/N-ethyl adjacent to an activating group) is 1. The number of alkyl halides is 3.